The molecule has 13 heteroatoms. The van der Waals surface area contributed by atoms with Gasteiger partial charge in [0.05, 0.1) is 24.5 Å². The summed E-state index contributed by atoms with van der Waals surface area (Å²) in [6.45, 7) is 5.02. The Balaban J connectivity index is 1.18. The van der Waals surface area contributed by atoms with Crippen LogP contribution in [0.1, 0.15) is 18.5 Å². The van der Waals surface area contributed by atoms with Gasteiger partial charge in [0.1, 0.15) is 12.4 Å². The molecule has 1 amide bonds. The van der Waals surface area contributed by atoms with Crippen LogP contribution >= 0.6 is 0 Å². The van der Waals surface area contributed by atoms with Crippen molar-refractivity contribution in [1.29, 1.82) is 0 Å². The van der Waals surface area contributed by atoms with Gasteiger partial charge in [-0.2, -0.15) is 14.6 Å². The molecule has 0 radical (unpaired) electrons. The van der Waals surface area contributed by atoms with Crippen LogP contribution in [-0.4, -0.2) is 86.2 Å². The van der Waals surface area contributed by atoms with Crippen LogP contribution < -0.4 is 15.4 Å². The summed E-state index contributed by atoms with van der Waals surface area (Å²) in [5.41, 5.74) is 9.17. The monoisotopic (exact) mass is 607 g/mol. The minimum Gasteiger partial charge on any atom is -0.491 e. The van der Waals surface area contributed by atoms with Gasteiger partial charge in [-0.15, -0.1) is 5.10 Å². The number of carbonyl (C=O) groups excluding carboxylic acids is 1. The summed E-state index contributed by atoms with van der Waals surface area (Å²) in [6.07, 6.45) is 3.22. The molecule has 1 aliphatic heterocycles. The summed E-state index contributed by atoms with van der Waals surface area (Å²) >= 11 is 0. The first-order chi connectivity index (χ1) is 22.0. The molecule has 1 saturated heterocycles. The number of nitrogen functional groups attached to an aromatic ring is 1. The van der Waals surface area contributed by atoms with Crippen LogP contribution in [0.4, 0.5) is 11.6 Å². The highest BCUT2D eigenvalue weighted by Gasteiger charge is 2.35. The third kappa shape index (κ3) is 5.31. The molecule has 0 spiro atoms. The Kier molecular flexibility index (Phi) is 7.51. The first-order valence-corrected chi connectivity index (χ1v) is 14.8. The number of hydrogen-bond acceptors (Lipinski definition) is 10. The topological polar surface area (TPSA) is 142 Å². The molecule has 2 N–H and O–H groups in total. The average Bonchev–Trinajstić information content (AvgIpc) is 3.83. The molecule has 1 fully saturated rings. The highest BCUT2D eigenvalue weighted by Crippen LogP contribution is 2.30. The number of furan rings is 1. The number of amides is 1. The minimum atomic E-state index is -0.761. The summed E-state index contributed by atoms with van der Waals surface area (Å²) in [5, 5.41) is 9.80. The molecule has 7 rings (SSSR count). The molecule has 2 aromatic carbocycles. The second kappa shape index (κ2) is 11.9. The van der Waals surface area contributed by atoms with E-state index in [1.807, 2.05) is 59.5 Å². The van der Waals surface area contributed by atoms with Gasteiger partial charge < -0.3 is 29.4 Å². The first kappa shape index (κ1) is 28.3. The maximum absolute atomic E-state index is 14.5. The quantitative estimate of drug-likeness (QED) is 0.242. The fourth-order valence-electron chi connectivity index (χ4n) is 5.82. The van der Waals surface area contributed by atoms with Gasteiger partial charge in [0, 0.05) is 38.5 Å². The number of ether oxygens (including phenoxy) is 2. The fraction of sp³-hybridized carbons (Fsp3) is 0.281. The van der Waals surface area contributed by atoms with Crippen LogP contribution in [0, 0.1) is 0 Å². The molecule has 45 heavy (non-hydrogen) atoms. The lowest BCUT2D eigenvalue weighted by Crippen LogP contribution is -2.55. The van der Waals surface area contributed by atoms with E-state index in [-0.39, 0.29) is 17.9 Å². The third-order valence-corrected chi connectivity index (χ3v) is 8.06. The van der Waals surface area contributed by atoms with E-state index in [9.17, 15) is 4.79 Å². The Morgan fingerprint density at radius 3 is 2.58 bits per heavy atom. The fourth-order valence-corrected chi connectivity index (χ4v) is 5.82. The van der Waals surface area contributed by atoms with Gasteiger partial charge in [-0.3, -0.25) is 4.79 Å². The van der Waals surface area contributed by atoms with Gasteiger partial charge in [-0.05, 0) is 48.9 Å². The molecular formula is C32H33N9O4. The van der Waals surface area contributed by atoms with Crippen molar-refractivity contribution in [2.75, 3.05) is 50.6 Å². The molecule has 0 bridgehead atoms. The van der Waals surface area contributed by atoms with Crippen molar-refractivity contribution in [3.63, 3.8) is 0 Å². The van der Waals surface area contributed by atoms with Crippen LogP contribution in [0.15, 0.2) is 83.6 Å². The van der Waals surface area contributed by atoms with Crippen LogP contribution in [-0.2, 0) is 9.53 Å². The van der Waals surface area contributed by atoms with Gasteiger partial charge in [-0.25, -0.2) is 9.67 Å². The summed E-state index contributed by atoms with van der Waals surface area (Å²) in [5.74, 6) is 1.74. The van der Waals surface area contributed by atoms with Gasteiger partial charge in [0.2, 0.25) is 11.8 Å². The van der Waals surface area contributed by atoms with E-state index < -0.39 is 6.04 Å². The lowest BCUT2D eigenvalue weighted by molar-refractivity contribution is -0.136. The average molecular weight is 608 g/mol. The number of piperazine rings is 1. The zero-order valence-corrected chi connectivity index (χ0v) is 25.0. The predicted octanol–water partition coefficient (Wildman–Crippen LogP) is 3.67. The Bertz CT molecular complexity index is 1920. The van der Waals surface area contributed by atoms with E-state index >= 15 is 0 Å². The number of aromatic nitrogens is 6. The van der Waals surface area contributed by atoms with Crippen LogP contribution in [0.25, 0.3) is 28.3 Å². The van der Waals surface area contributed by atoms with Crippen LogP contribution in [0.3, 0.4) is 0 Å². The SMILES string of the molecule is COCCOc1ccc(N2CCN(C(=O)C(c3ccccc3)n3ncc4c3nc(N)n3nc(-c5ccco5)nc43)[C@@H](C)C2)cc1. The number of nitrogens with zero attached hydrogens (tertiary/aromatic N) is 8. The van der Waals surface area contributed by atoms with Crippen molar-refractivity contribution in [3.8, 4) is 17.3 Å². The number of hydrogen-bond donors (Lipinski definition) is 1. The molecule has 0 saturated carbocycles. The Morgan fingerprint density at radius 2 is 1.84 bits per heavy atom. The predicted molar refractivity (Wildman–Crippen MR) is 168 cm³/mol. The van der Waals surface area contributed by atoms with Crippen molar-refractivity contribution >= 4 is 34.2 Å². The number of carbonyl (C=O) groups is 1. The Morgan fingerprint density at radius 1 is 1.02 bits per heavy atom. The highest BCUT2D eigenvalue weighted by atomic mass is 16.5. The molecule has 6 aromatic rings. The first-order valence-electron chi connectivity index (χ1n) is 14.8. The van der Waals surface area contributed by atoms with Crippen LogP contribution in [0.2, 0.25) is 0 Å². The molecule has 13 nitrogen and oxygen atoms in total. The van der Waals surface area contributed by atoms with Crippen LogP contribution in [0.5, 0.6) is 5.75 Å². The lowest BCUT2D eigenvalue weighted by Gasteiger charge is -2.42. The molecule has 4 aromatic heterocycles. The van der Waals surface area contributed by atoms with E-state index in [0.717, 1.165) is 17.0 Å². The van der Waals surface area contributed by atoms with Crippen molar-refractivity contribution in [2.45, 2.75) is 19.0 Å². The second-order valence-corrected chi connectivity index (χ2v) is 10.9. The molecular weight excluding hydrogens is 574 g/mol. The number of anilines is 2. The van der Waals surface area contributed by atoms with Gasteiger partial charge in [-0.1, -0.05) is 30.3 Å². The maximum atomic E-state index is 14.5. The molecule has 1 unspecified atom stereocenters. The van der Waals surface area contributed by atoms with E-state index in [1.54, 1.807) is 36.4 Å². The summed E-state index contributed by atoms with van der Waals surface area (Å²) in [4.78, 5) is 28.0. The lowest BCUT2D eigenvalue weighted by atomic mass is 10.0. The summed E-state index contributed by atoms with van der Waals surface area (Å²) < 4.78 is 19.4. The minimum absolute atomic E-state index is 0.0611. The normalized spacial score (nSPS) is 16.0. The number of benzene rings is 2. The van der Waals surface area contributed by atoms with Crippen molar-refractivity contribution < 1.29 is 18.7 Å². The zero-order chi connectivity index (χ0) is 30.9. The molecule has 0 aliphatic carbocycles. The Hall–Kier alpha value is -5.43. The second-order valence-electron chi connectivity index (χ2n) is 10.9. The molecule has 5 heterocycles. The van der Waals surface area contributed by atoms with E-state index in [4.69, 9.17) is 24.7 Å². The van der Waals surface area contributed by atoms with Gasteiger partial charge >= 0.3 is 0 Å². The van der Waals surface area contributed by atoms with E-state index in [0.29, 0.717) is 61.1 Å². The largest absolute Gasteiger partial charge is 0.491 e. The Labute approximate surface area is 258 Å². The van der Waals surface area contributed by atoms with Crippen molar-refractivity contribution in [2.24, 2.45) is 0 Å². The standard InChI is InChI=1S/C32H33N9O4/c1-21-20-38(23-10-12-24(13-11-23)44-18-17-43-2)14-15-39(21)31(42)27(22-7-4-3-5-8-22)40-30-25(19-34-40)29-35-28(26-9-6-16-45-26)37-41(29)32(33)36-30/h3-13,16,19,21,27H,14-15,17-18,20H2,1-2H3,(H2,33,36)/t21-,27?/m0/s1. The molecule has 230 valence electrons. The maximum Gasteiger partial charge on any atom is 0.252 e. The van der Waals surface area contributed by atoms with E-state index in [1.165, 1.54) is 4.52 Å². The summed E-state index contributed by atoms with van der Waals surface area (Å²) in [7, 11) is 1.65. The van der Waals surface area contributed by atoms with Crippen molar-refractivity contribution in [3.05, 3.63) is 84.8 Å². The number of nitrogens with two attached hydrogens (primary N) is 1. The van der Waals surface area contributed by atoms with Gasteiger partial charge in [0.15, 0.2) is 23.1 Å². The number of methoxy groups -OCH3 is 1. The molecule has 2 atom stereocenters. The van der Waals surface area contributed by atoms with Gasteiger partial charge in [0.25, 0.3) is 5.91 Å². The smallest absolute Gasteiger partial charge is 0.252 e. The number of rotatable bonds is 9. The van der Waals surface area contributed by atoms with E-state index in [2.05, 4.69) is 26.9 Å². The molecule has 1 aliphatic rings. The third-order valence-electron chi connectivity index (χ3n) is 8.06. The zero-order valence-electron chi connectivity index (χ0n) is 25.0. The highest BCUT2D eigenvalue weighted by molar-refractivity contribution is 5.93. The number of fused-ring (bicyclic) bond motifs is 3. The summed E-state index contributed by atoms with van der Waals surface area (Å²) in [6, 6.07) is 20.4. The van der Waals surface area contributed by atoms with Crippen molar-refractivity contribution in [1.82, 2.24) is 34.3 Å².